The van der Waals surface area contributed by atoms with Crippen LogP contribution in [-0.4, -0.2) is 18.7 Å². The van der Waals surface area contributed by atoms with Gasteiger partial charge in [0, 0.05) is 22.7 Å². The average molecular weight is 348 g/mol. The molecule has 0 spiro atoms. The lowest BCUT2D eigenvalue weighted by atomic mass is 9.52. The summed E-state index contributed by atoms with van der Waals surface area (Å²) in [5.41, 5.74) is 0.458. The third-order valence-electron chi connectivity index (χ3n) is 8.07. The van der Waals surface area contributed by atoms with Crippen LogP contribution in [0.5, 0.6) is 5.75 Å². The van der Waals surface area contributed by atoms with Gasteiger partial charge in [0.25, 0.3) is 0 Å². The smallest absolute Gasteiger partial charge is 0.160 e. The van der Waals surface area contributed by atoms with E-state index in [2.05, 4.69) is 31.2 Å². The van der Waals surface area contributed by atoms with Gasteiger partial charge in [-0.2, -0.15) is 0 Å². The summed E-state index contributed by atoms with van der Waals surface area (Å²) in [6.45, 7) is 2.33. The van der Waals surface area contributed by atoms with Gasteiger partial charge in [0.2, 0.25) is 0 Å². The van der Waals surface area contributed by atoms with Crippen LogP contribution in [0.25, 0.3) is 0 Å². The number of fused-ring (bicyclic) bond motifs is 2. The van der Waals surface area contributed by atoms with Crippen LogP contribution in [0.1, 0.15) is 38.2 Å². The second kappa shape index (κ2) is 4.97. The third-order valence-corrected chi connectivity index (χ3v) is 8.07. The zero-order valence-electron chi connectivity index (χ0n) is 15.3. The SMILES string of the molecule is COc1ccc([C@@]23C=C[C@]4(CCCC[C@@]42C)[C@H]2C(=O)C=CC(=O)[C@H]23)cc1. The highest BCUT2D eigenvalue weighted by atomic mass is 16.5. The van der Waals surface area contributed by atoms with Crippen LogP contribution in [0.2, 0.25) is 0 Å². The second-order valence-electron chi connectivity index (χ2n) is 8.60. The number of hydrogen-bond donors (Lipinski definition) is 0. The van der Waals surface area contributed by atoms with Crippen LogP contribution in [0.3, 0.4) is 0 Å². The van der Waals surface area contributed by atoms with E-state index in [0.29, 0.717) is 0 Å². The van der Waals surface area contributed by atoms with E-state index in [1.54, 1.807) is 7.11 Å². The molecule has 1 aromatic rings. The van der Waals surface area contributed by atoms with Gasteiger partial charge in [-0.05, 0) is 48.1 Å². The molecule has 5 rings (SSSR count). The molecule has 0 heterocycles. The van der Waals surface area contributed by atoms with Gasteiger partial charge in [-0.25, -0.2) is 0 Å². The Morgan fingerprint density at radius 3 is 2.27 bits per heavy atom. The Morgan fingerprint density at radius 2 is 1.58 bits per heavy atom. The van der Waals surface area contributed by atoms with Crippen LogP contribution < -0.4 is 4.74 Å². The number of rotatable bonds is 2. The summed E-state index contributed by atoms with van der Waals surface area (Å²) >= 11 is 0. The summed E-state index contributed by atoms with van der Waals surface area (Å²) in [5.74, 6) is 0.582. The molecule has 0 amide bonds. The quantitative estimate of drug-likeness (QED) is 0.758. The number of benzene rings is 1. The van der Waals surface area contributed by atoms with Gasteiger partial charge in [-0.1, -0.05) is 44.1 Å². The minimum absolute atomic E-state index is 0.0977. The number of allylic oxidation sites excluding steroid dienone is 4. The Kier molecular flexibility index (Phi) is 3.06. The second-order valence-corrected chi connectivity index (χ2v) is 8.60. The molecule has 2 fully saturated rings. The van der Waals surface area contributed by atoms with Crippen molar-refractivity contribution in [2.75, 3.05) is 7.11 Å². The first-order valence-corrected chi connectivity index (χ1v) is 9.61. The van der Waals surface area contributed by atoms with E-state index in [1.807, 2.05) is 12.1 Å². The highest BCUT2D eigenvalue weighted by Crippen LogP contribution is 2.78. The minimum Gasteiger partial charge on any atom is -0.497 e. The topological polar surface area (TPSA) is 43.4 Å². The predicted octanol–water partition coefficient (Wildman–Crippen LogP) is 4.02. The maximum absolute atomic E-state index is 13.1. The molecule has 3 nitrogen and oxygen atoms in total. The summed E-state index contributed by atoms with van der Waals surface area (Å²) in [6.07, 6.45) is 12.0. The van der Waals surface area contributed by atoms with Gasteiger partial charge in [-0.15, -0.1) is 0 Å². The van der Waals surface area contributed by atoms with Crippen LogP contribution >= 0.6 is 0 Å². The lowest BCUT2D eigenvalue weighted by Gasteiger charge is -2.50. The molecular formula is C23H24O3. The fourth-order valence-electron chi connectivity index (χ4n) is 6.98. The van der Waals surface area contributed by atoms with Crippen LogP contribution in [0.15, 0.2) is 48.6 Å². The first kappa shape index (κ1) is 16.0. The molecule has 134 valence electrons. The Balaban J connectivity index is 1.79. The van der Waals surface area contributed by atoms with Crippen molar-refractivity contribution in [2.24, 2.45) is 22.7 Å². The summed E-state index contributed by atoms with van der Waals surface area (Å²) in [4.78, 5) is 26.1. The fourth-order valence-corrected chi connectivity index (χ4v) is 6.98. The number of ether oxygens (including phenoxy) is 1. The highest BCUT2D eigenvalue weighted by molar-refractivity contribution is 6.10. The molecule has 5 atom stereocenters. The lowest BCUT2D eigenvalue weighted by Crippen LogP contribution is -2.47. The number of hydrogen-bond acceptors (Lipinski definition) is 3. The molecule has 0 unspecified atom stereocenters. The van der Waals surface area contributed by atoms with Crippen molar-refractivity contribution >= 4 is 11.6 Å². The third kappa shape index (κ3) is 1.53. The van der Waals surface area contributed by atoms with E-state index in [4.69, 9.17) is 4.74 Å². The number of carbonyl (C=O) groups excluding carboxylic acids is 2. The monoisotopic (exact) mass is 348 g/mol. The van der Waals surface area contributed by atoms with E-state index in [1.165, 1.54) is 12.2 Å². The summed E-state index contributed by atoms with van der Waals surface area (Å²) < 4.78 is 5.33. The maximum Gasteiger partial charge on any atom is 0.160 e. The highest BCUT2D eigenvalue weighted by Gasteiger charge is 2.78. The summed E-state index contributed by atoms with van der Waals surface area (Å²) in [7, 11) is 1.66. The van der Waals surface area contributed by atoms with Gasteiger partial charge in [0.1, 0.15) is 5.75 Å². The Labute approximate surface area is 154 Å². The summed E-state index contributed by atoms with van der Waals surface area (Å²) in [5, 5.41) is 0. The number of methoxy groups -OCH3 is 1. The normalized spacial score (nSPS) is 42.7. The van der Waals surface area contributed by atoms with Gasteiger partial charge in [-0.3, -0.25) is 9.59 Å². The molecule has 2 bridgehead atoms. The molecule has 0 N–H and O–H groups in total. The largest absolute Gasteiger partial charge is 0.497 e. The van der Waals surface area contributed by atoms with E-state index < -0.39 is 5.41 Å². The molecule has 2 saturated carbocycles. The number of ketones is 2. The van der Waals surface area contributed by atoms with Crippen molar-refractivity contribution in [3.8, 4) is 5.75 Å². The molecule has 0 radical (unpaired) electrons. The zero-order chi connectivity index (χ0) is 18.2. The molecule has 0 saturated heterocycles. The molecule has 0 aromatic heterocycles. The number of carbonyl (C=O) groups is 2. The summed E-state index contributed by atoms with van der Waals surface area (Å²) in [6, 6.07) is 8.14. The lowest BCUT2D eigenvalue weighted by molar-refractivity contribution is -0.131. The van der Waals surface area contributed by atoms with E-state index >= 15 is 0 Å². The Morgan fingerprint density at radius 1 is 0.923 bits per heavy atom. The molecule has 0 aliphatic heterocycles. The van der Waals surface area contributed by atoms with E-state index in [0.717, 1.165) is 37.0 Å². The van der Waals surface area contributed by atoms with Crippen molar-refractivity contribution in [1.29, 1.82) is 0 Å². The Bertz CT molecular complexity index is 864. The van der Waals surface area contributed by atoms with Gasteiger partial charge < -0.3 is 4.74 Å². The first-order chi connectivity index (χ1) is 12.5. The van der Waals surface area contributed by atoms with Crippen molar-refractivity contribution in [3.05, 3.63) is 54.1 Å². The fraction of sp³-hybridized carbons (Fsp3) is 0.478. The van der Waals surface area contributed by atoms with Gasteiger partial charge in [0.15, 0.2) is 11.6 Å². The van der Waals surface area contributed by atoms with Crippen LogP contribution in [0.4, 0.5) is 0 Å². The minimum atomic E-state index is -0.401. The zero-order valence-corrected chi connectivity index (χ0v) is 15.3. The van der Waals surface area contributed by atoms with Gasteiger partial charge in [0.05, 0.1) is 7.11 Å². The van der Waals surface area contributed by atoms with Crippen LogP contribution in [0, 0.1) is 22.7 Å². The van der Waals surface area contributed by atoms with Gasteiger partial charge >= 0.3 is 0 Å². The Hall–Kier alpha value is -2.16. The van der Waals surface area contributed by atoms with Crippen molar-refractivity contribution in [1.82, 2.24) is 0 Å². The predicted molar refractivity (Wildman–Crippen MR) is 99.0 cm³/mol. The standard InChI is InChI=1S/C23H24O3/c1-21-11-3-4-12-22(21)13-14-23(21,15-5-7-16(26-2)8-6-15)20-18(25)10-9-17(24)19(20)22/h5-10,13-14,19-20H,3-4,11-12H2,1-2H3/t19-,20+,21-,22+,23+/m0/s1. The molecule has 1 aromatic carbocycles. The van der Waals surface area contributed by atoms with Crippen LogP contribution in [-0.2, 0) is 15.0 Å². The molecule has 4 aliphatic rings. The van der Waals surface area contributed by atoms with E-state index in [9.17, 15) is 9.59 Å². The molecule has 26 heavy (non-hydrogen) atoms. The van der Waals surface area contributed by atoms with Crippen molar-refractivity contribution in [3.63, 3.8) is 0 Å². The van der Waals surface area contributed by atoms with E-state index in [-0.39, 0.29) is 34.2 Å². The molecule has 4 aliphatic carbocycles. The molecule has 3 heteroatoms. The first-order valence-electron chi connectivity index (χ1n) is 9.61. The van der Waals surface area contributed by atoms with Crippen molar-refractivity contribution in [2.45, 2.75) is 38.0 Å². The average Bonchev–Trinajstić information content (AvgIpc) is 3.06. The molecular weight excluding hydrogens is 324 g/mol. The maximum atomic E-state index is 13.1. The van der Waals surface area contributed by atoms with Crippen molar-refractivity contribution < 1.29 is 14.3 Å².